The van der Waals surface area contributed by atoms with Crippen LogP contribution in [0.2, 0.25) is 0 Å². The summed E-state index contributed by atoms with van der Waals surface area (Å²) in [4.78, 5) is 58.3. The number of alkyl carbamates (subject to hydrolysis) is 1. The van der Waals surface area contributed by atoms with Gasteiger partial charge in [0, 0.05) is 18.2 Å². The van der Waals surface area contributed by atoms with Crippen LogP contribution in [0.4, 0.5) is 9.93 Å². The Labute approximate surface area is 195 Å². The molecule has 0 aromatic carbocycles. The molecule has 0 aliphatic carbocycles. The molecule has 5 N–H and O–H groups in total. The van der Waals surface area contributed by atoms with Crippen LogP contribution in [0.1, 0.15) is 5.69 Å². The number of oxime groups is 1. The van der Waals surface area contributed by atoms with Gasteiger partial charge in [0.1, 0.15) is 36.5 Å². The van der Waals surface area contributed by atoms with E-state index in [4.69, 9.17) is 15.3 Å². The first kappa shape index (κ1) is 24.1. The third-order valence-electron chi connectivity index (χ3n) is 4.48. The molecule has 2 atom stereocenters. The highest BCUT2D eigenvalue weighted by Crippen LogP contribution is 2.40. The highest BCUT2D eigenvalue weighted by atomic mass is 32.2. The second-order valence-electron chi connectivity index (χ2n) is 6.48. The number of carboxylic acids is 1. The van der Waals surface area contributed by atoms with Crippen molar-refractivity contribution in [3.8, 4) is 0 Å². The summed E-state index contributed by atoms with van der Waals surface area (Å²) >= 11 is 2.39. The second-order valence-corrected chi connectivity index (χ2v) is 8.48. The summed E-state index contributed by atoms with van der Waals surface area (Å²) in [5.74, 6) is -2.32. The van der Waals surface area contributed by atoms with Gasteiger partial charge >= 0.3 is 12.1 Å². The number of carbonyl (C=O) groups is 4. The molecule has 0 unspecified atom stereocenters. The fraction of sp³-hybridized carbons (Fsp3) is 0.333. The maximum atomic E-state index is 12.8. The van der Waals surface area contributed by atoms with Crippen LogP contribution in [0.3, 0.4) is 0 Å². The highest BCUT2D eigenvalue weighted by Gasteiger charge is 2.54. The predicted octanol–water partition coefficient (Wildman–Crippen LogP) is -0.273. The zero-order valence-electron chi connectivity index (χ0n) is 17.4. The molecule has 1 saturated heterocycles. The van der Waals surface area contributed by atoms with Crippen LogP contribution in [0.25, 0.3) is 0 Å². The van der Waals surface area contributed by atoms with Crippen LogP contribution in [-0.2, 0) is 24.0 Å². The second kappa shape index (κ2) is 10.4. The van der Waals surface area contributed by atoms with E-state index < -0.39 is 35.3 Å². The Bertz CT molecular complexity index is 1070. The summed E-state index contributed by atoms with van der Waals surface area (Å²) < 4.78 is 4.83. The molecule has 0 spiro atoms. The van der Waals surface area contributed by atoms with Crippen LogP contribution < -0.4 is 16.4 Å². The number of anilines is 1. The van der Waals surface area contributed by atoms with Gasteiger partial charge in [-0.2, -0.15) is 0 Å². The largest absolute Gasteiger partial charge is 0.477 e. The van der Waals surface area contributed by atoms with Gasteiger partial charge in [-0.05, 0) is 11.6 Å². The van der Waals surface area contributed by atoms with Crippen LogP contribution in [-0.4, -0.2) is 82.5 Å². The normalized spacial score (nSPS) is 20.2. The van der Waals surface area contributed by atoms with Crippen molar-refractivity contribution in [2.24, 2.45) is 5.16 Å². The molecule has 0 radical (unpaired) electrons. The van der Waals surface area contributed by atoms with Crippen LogP contribution in [0.15, 0.2) is 34.0 Å². The van der Waals surface area contributed by atoms with E-state index in [-0.39, 0.29) is 34.6 Å². The fourth-order valence-electron chi connectivity index (χ4n) is 3.06. The first-order valence-electron chi connectivity index (χ1n) is 9.34. The SMILES string of the molecule is CNC(=O)OC/C=C\C1=C(C(=O)O)N2C(=O)[C@@H](NC(=O)/C(=N\OC)c3csc(N)n3)[C@H]2SC1. The molecule has 13 nitrogen and oxygen atoms in total. The molecule has 2 aliphatic rings. The summed E-state index contributed by atoms with van der Waals surface area (Å²) in [5, 5.41) is 19.3. The first-order chi connectivity index (χ1) is 15.8. The number of aromatic nitrogens is 1. The number of hydrogen-bond acceptors (Lipinski definition) is 11. The molecule has 176 valence electrons. The Morgan fingerprint density at radius 3 is 2.82 bits per heavy atom. The molecule has 3 heterocycles. The van der Waals surface area contributed by atoms with Gasteiger partial charge in [-0.1, -0.05) is 11.2 Å². The third-order valence-corrected chi connectivity index (χ3v) is 6.46. The van der Waals surface area contributed by atoms with Crippen molar-refractivity contribution < 1.29 is 33.9 Å². The summed E-state index contributed by atoms with van der Waals surface area (Å²) in [6, 6.07) is -0.961. The molecule has 1 fully saturated rings. The molecule has 2 aliphatic heterocycles. The zero-order chi connectivity index (χ0) is 24.1. The minimum absolute atomic E-state index is 0.0699. The highest BCUT2D eigenvalue weighted by molar-refractivity contribution is 8.00. The Kier molecular flexibility index (Phi) is 7.55. The lowest BCUT2D eigenvalue weighted by Gasteiger charge is -2.49. The standard InChI is InChI=1S/C18H20N6O7S2/c1-20-18(29)31-5-3-4-8-6-32-15-11(14(26)24(15)12(8)16(27)28)22-13(25)10(23-30-2)9-7-33-17(19)21-9/h3-4,7,11,15H,5-6H2,1-2H3,(H2,19,21)(H,20,29)(H,22,25)(H,27,28)/b4-3-,23-10-/t11-,15-/m1/s1. The van der Waals surface area contributed by atoms with E-state index in [2.05, 4.69) is 20.8 Å². The Balaban J connectivity index is 1.73. The molecule has 1 aromatic rings. The van der Waals surface area contributed by atoms with Crippen molar-refractivity contribution in [3.63, 3.8) is 0 Å². The first-order valence-corrected chi connectivity index (χ1v) is 11.3. The van der Waals surface area contributed by atoms with Crippen molar-refractivity contribution >= 4 is 57.8 Å². The van der Waals surface area contributed by atoms with Crippen molar-refractivity contribution in [3.05, 3.63) is 34.5 Å². The number of thiazole rings is 1. The lowest BCUT2D eigenvalue weighted by atomic mass is 10.0. The summed E-state index contributed by atoms with van der Waals surface area (Å²) in [6.45, 7) is -0.0699. The predicted molar refractivity (Wildman–Crippen MR) is 119 cm³/mol. The third kappa shape index (κ3) is 5.09. The van der Waals surface area contributed by atoms with E-state index in [0.717, 1.165) is 16.2 Å². The van der Waals surface area contributed by atoms with Gasteiger partial charge in [0.05, 0.1) is 0 Å². The van der Waals surface area contributed by atoms with E-state index in [0.29, 0.717) is 5.57 Å². The number of carboxylic acid groups (broad SMARTS) is 1. The summed E-state index contributed by atoms with van der Waals surface area (Å²) in [5.41, 5.74) is 5.82. The maximum absolute atomic E-state index is 12.8. The number of aliphatic carboxylic acids is 1. The number of β-lactam (4-membered cyclic amide) rings is 1. The van der Waals surface area contributed by atoms with Gasteiger partial charge in [-0.25, -0.2) is 14.6 Å². The number of nitrogens with zero attached hydrogens (tertiary/aromatic N) is 3. The Morgan fingerprint density at radius 2 is 2.21 bits per heavy atom. The molecular formula is C18H20N6O7S2. The molecule has 1 aromatic heterocycles. The Morgan fingerprint density at radius 1 is 1.45 bits per heavy atom. The number of thioether (sulfide) groups is 1. The number of rotatable bonds is 8. The molecule has 3 amide bonds. The minimum atomic E-state index is -1.29. The number of carbonyl (C=O) groups excluding carboxylic acids is 3. The molecule has 15 heteroatoms. The average Bonchev–Trinajstić information content (AvgIpc) is 3.23. The molecule has 0 bridgehead atoms. The zero-order valence-corrected chi connectivity index (χ0v) is 19.1. The summed E-state index contributed by atoms with van der Waals surface area (Å²) in [7, 11) is 2.67. The number of allylic oxidation sites excluding steroid dienone is 1. The number of nitrogens with one attached hydrogen (secondary N) is 2. The van der Waals surface area contributed by atoms with Gasteiger partial charge in [-0.15, -0.1) is 23.1 Å². The van der Waals surface area contributed by atoms with Crippen molar-refractivity contribution in [2.75, 3.05) is 32.3 Å². The average molecular weight is 497 g/mol. The van der Waals surface area contributed by atoms with Gasteiger partial charge in [0.25, 0.3) is 11.8 Å². The van der Waals surface area contributed by atoms with E-state index >= 15 is 0 Å². The monoisotopic (exact) mass is 496 g/mol. The summed E-state index contributed by atoms with van der Waals surface area (Å²) in [6.07, 6.45) is 2.34. The van der Waals surface area contributed by atoms with Crippen molar-refractivity contribution in [1.29, 1.82) is 0 Å². The molecular weight excluding hydrogens is 476 g/mol. The van der Waals surface area contributed by atoms with Crippen LogP contribution >= 0.6 is 23.1 Å². The van der Waals surface area contributed by atoms with E-state index in [1.54, 1.807) is 0 Å². The number of fused-ring (bicyclic) bond motifs is 1. The lowest BCUT2D eigenvalue weighted by Crippen LogP contribution is -2.71. The lowest BCUT2D eigenvalue weighted by molar-refractivity contribution is -0.150. The van der Waals surface area contributed by atoms with Crippen LogP contribution in [0, 0.1) is 0 Å². The quantitative estimate of drug-likeness (QED) is 0.212. The molecule has 3 rings (SSSR count). The van der Waals surface area contributed by atoms with E-state index in [1.165, 1.54) is 43.5 Å². The smallest absolute Gasteiger partial charge is 0.407 e. The van der Waals surface area contributed by atoms with Gasteiger partial charge in [-0.3, -0.25) is 14.5 Å². The van der Waals surface area contributed by atoms with Crippen molar-refractivity contribution in [1.82, 2.24) is 20.5 Å². The minimum Gasteiger partial charge on any atom is -0.477 e. The van der Waals surface area contributed by atoms with E-state index in [1.807, 2.05) is 0 Å². The maximum Gasteiger partial charge on any atom is 0.407 e. The van der Waals surface area contributed by atoms with Gasteiger partial charge < -0.3 is 31.0 Å². The van der Waals surface area contributed by atoms with Crippen LogP contribution in [0.5, 0.6) is 0 Å². The fourth-order valence-corrected chi connectivity index (χ4v) is 4.93. The Hall–Kier alpha value is -3.59. The number of hydrogen-bond donors (Lipinski definition) is 4. The number of amides is 3. The topological polar surface area (TPSA) is 186 Å². The molecule has 33 heavy (non-hydrogen) atoms. The van der Waals surface area contributed by atoms with Gasteiger partial charge in [0.2, 0.25) is 0 Å². The number of nitrogen functional groups attached to an aromatic ring is 1. The molecule has 0 saturated carbocycles. The van der Waals surface area contributed by atoms with Crippen molar-refractivity contribution in [2.45, 2.75) is 11.4 Å². The van der Waals surface area contributed by atoms with Gasteiger partial charge in [0.15, 0.2) is 10.8 Å². The number of ether oxygens (including phenoxy) is 1. The van der Waals surface area contributed by atoms with E-state index in [9.17, 15) is 24.3 Å². The number of nitrogens with two attached hydrogens (primary N) is 1.